The summed E-state index contributed by atoms with van der Waals surface area (Å²) in [6, 6.07) is 8.13. The van der Waals surface area contributed by atoms with Gasteiger partial charge < -0.3 is 9.64 Å². The van der Waals surface area contributed by atoms with Crippen LogP contribution in [0.5, 0.6) is 5.75 Å². The largest absolute Gasteiger partial charge is 0.488 e. The Labute approximate surface area is 152 Å². The smallest absolute Gasteiger partial charge is 0.132 e. The molecule has 2 aromatic heterocycles. The van der Waals surface area contributed by atoms with Crippen LogP contribution in [0.25, 0.3) is 22.3 Å². The predicted molar refractivity (Wildman–Crippen MR) is 101 cm³/mol. The first-order valence-corrected chi connectivity index (χ1v) is 9.45. The Morgan fingerprint density at radius 2 is 1.92 bits per heavy atom. The van der Waals surface area contributed by atoms with E-state index in [1.807, 2.05) is 12.1 Å². The van der Waals surface area contributed by atoms with Crippen LogP contribution in [-0.2, 0) is 0 Å². The molecule has 6 nitrogen and oxygen atoms in total. The van der Waals surface area contributed by atoms with Crippen molar-refractivity contribution in [2.24, 2.45) is 0 Å². The first kappa shape index (κ1) is 15.6. The Kier molecular flexibility index (Phi) is 3.58. The van der Waals surface area contributed by atoms with Gasteiger partial charge in [0.25, 0.3) is 0 Å². The molecule has 0 unspecified atom stereocenters. The van der Waals surface area contributed by atoms with Crippen molar-refractivity contribution in [1.29, 1.82) is 0 Å². The molecule has 2 fully saturated rings. The summed E-state index contributed by atoms with van der Waals surface area (Å²) in [7, 11) is 0. The normalized spacial score (nSPS) is 18.9. The summed E-state index contributed by atoms with van der Waals surface area (Å²) in [6.07, 6.45) is 7.65. The van der Waals surface area contributed by atoms with Crippen LogP contribution in [-0.4, -0.2) is 38.9 Å². The van der Waals surface area contributed by atoms with Gasteiger partial charge in [-0.05, 0) is 57.2 Å². The van der Waals surface area contributed by atoms with Gasteiger partial charge in [0.15, 0.2) is 0 Å². The molecule has 1 saturated heterocycles. The molecule has 1 saturated carbocycles. The van der Waals surface area contributed by atoms with Crippen molar-refractivity contribution in [3.05, 3.63) is 30.6 Å². The van der Waals surface area contributed by atoms with E-state index in [0.717, 1.165) is 59.8 Å². The molecule has 1 aromatic carbocycles. The van der Waals surface area contributed by atoms with E-state index in [1.54, 1.807) is 6.33 Å². The standard InChI is InChI=1S/C20H23N5O/c1-20(7-8-20)26-14-5-6-16-15(11-14)19(24-23-16)17-12-18(22-13-21-17)25-9-3-2-4-10-25/h5-6,11-13H,2-4,7-10H2,1H3,(H,23,24). The number of nitrogens with one attached hydrogen (secondary N) is 1. The van der Waals surface area contributed by atoms with Crippen molar-refractivity contribution in [1.82, 2.24) is 20.2 Å². The van der Waals surface area contributed by atoms with E-state index in [2.05, 4.69) is 44.1 Å². The Morgan fingerprint density at radius 3 is 2.73 bits per heavy atom. The summed E-state index contributed by atoms with van der Waals surface area (Å²) in [5.74, 6) is 1.89. The maximum absolute atomic E-state index is 6.12. The highest BCUT2D eigenvalue weighted by Gasteiger charge is 2.40. The lowest BCUT2D eigenvalue weighted by Crippen LogP contribution is -2.30. The molecule has 26 heavy (non-hydrogen) atoms. The minimum absolute atomic E-state index is 0.00786. The second-order valence-corrected chi connectivity index (χ2v) is 7.64. The monoisotopic (exact) mass is 349 g/mol. The molecular weight excluding hydrogens is 326 g/mol. The summed E-state index contributed by atoms with van der Waals surface area (Å²) >= 11 is 0. The van der Waals surface area contributed by atoms with E-state index >= 15 is 0 Å². The molecule has 3 heterocycles. The van der Waals surface area contributed by atoms with Gasteiger partial charge in [0.1, 0.15) is 23.5 Å². The maximum Gasteiger partial charge on any atom is 0.132 e. The fraction of sp³-hybridized carbons (Fsp3) is 0.450. The summed E-state index contributed by atoms with van der Waals surface area (Å²) < 4.78 is 6.12. The molecule has 1 aliphatic carbocycles. The van der Waals surface area contributed by atoms with E-state index in [0.29, 0.717) is 0 Å². The van der Waals surface area contributed by atoms with Crippen molar-refractivity contribution >= 4 is 16.7 Å². The van der Waals surface area contributed by atoms with Gasteiger partial charge in [-0.25, -0.2) is 9.97 Å². The quantitative estimate of drug-likeness (QED) is 0.773. The topological polar surface area (TPSA) is 66.9 Å². The molecule has 0 bridgehead atoms. The Bertz CT molecular complexity index is 940. The van der Waals surface area contributed by atoms with E-state index in [9.17, 15) is 0 Å². The number of rotatable bonds is 4. The zero-order valence-corrected chi connectivity index (χ0v) is 15.0. The van der Waals surface area contributed by atoms with E-state index < -0.39 is 0 Å². The van der Waals surface area contributed by atoms with Crippen LogP contribution >= 0.6 is 0 Å². The lowest BCUT2D eigenvalue weighted by molar-refractivity contribution is 0.200. The third kappa shape index (κ3) is 2.89. The van der Waals surface area contributed by atoms with Gasteiger partial charge in [-0.2, -0.15) is 5.10 Å². The van der Waals surface area contributed by atoms with Gasteiger partial charge in [-0.1, -0.05) is 0 Å². The van der Waals surface area contributed by atoms with Crippen LogP contribution in [0.2, 0.25) is 0 Å². The molecule has 0 amide bonds. The number of piperidine rings is 1. The summed E-state index contributed by atoms with van der Waals surface area (Å²) in [6.45, 7) is 4.29. The molecule has 0 radical (unpaired) electrons. The molecule has 2 aliphatic rings. The summed E-state index contributed by atoms with van der Waals surface area (Å²) in [4.78, 5) is 11.3. The van der Waals surface area contributed by atoms with Crippen LogP contribution < -0.4 is 9.64 Å². The van der Waals surface area contributed by atoms with Gasteiger partial charge >= 0.3 is 0 Å². The number of aromatic nitrogens is 4. The second-order valence-electron chi connectivity index (χ2n) is 7.64. The number of aromatic amines is 1. The minimum Gasteiger partial charge on any atom is -0.488 e. The lowest BCUT2D eigenvalue weighted by atomic mass is 10.1. The fourth-order valence-corrected chi connectivity index (χ4v) is 3.59. The lowest BCUT2D eigenvalue weighted by Gasteiger charge is -2.27. The molecule has 1 aliphatic heterocycles. The Hall–Kier alpha value is -2.63. The molecule has 1 N–H and O–H groups in total. The molecule has 5 rings (SSSR count). The highest BCUT2D eigenvalue weighted by Crippen LogP contribution is 2.40. The molecular formula is C20H23N5O. The van der Waals surface area contributed by atoms with Gasteiger partial charge in [0, 0.05) is 24.5 Å². The number of fused-ring (bicyclic) bond motifs is 1. The van der Waals surface area contributed by atoms with Crippen LogP contribution in [0, 0.1) is 0 Å². The first-order chi connectivity index (χ1) is 12.7. The summed E-state index contributed by atoms with van der Waals surface area (Å²) in [5.41, 5.74) is 2.73. The highest BCUT2D eigenvalue weighted by atomic mass is 16.5. The number of hydrogen-bond acceptors (Lipinski definition) is 5. The van der Waals surface area contributed by atoms with Crippen molar-refractivity contribution in [2.75, 3.05) is 18.0 Å². The maximum atomic E-state index is 6.12. The van der Waals surface area contributed by atoms with Crippen molar-refractivity contribution in [2.45, 2.75) is 44.6 Å². The van der Waals surface area contributed by atoms with Crippen molar-refractivity contribution in [3.8, 4) is 17.1 Å². The number of benzene rings is 1. The SMILES string of the molecule is CC1(Oc2ccc3n[nH]c(-c4cc(N5CCCCC5)ncn4)c3c2)CC1. The number of anilines is 1. The van der Waals surface area contributed by atoms with Gasteiger partial charge in [0.2, 0.25) is 0 Å². The van der Waals surface area contributed by atoms with Crippen LogP contribution in [0.3, 0.4) is 0 Å². The van der Waals surface area contributed by atoms with Gasteiger partial charge in [-0.15, -0.1) is 0 Å². The molecule has 134 valence electrons. The van der Waals surface area contributed by atoms with Crippen LogP contribution in [0.15, 0.2) is 30.6 Å². The van der Waals surface area contributed by atoms with E-state index in [1.165, 1.54) is 19.3 Å². The number of ether oxygens (including phenoxy) is 1. The first-order valence-electron chi connectivity index (χ1n) is 9.45. The zero-order chi connectivity index (χ0) is 17.6. The molecule has 0 atom stereocenters. The van der Waals surface area contributed by atoms with E-state index in [4.69, 9.17) is 4.74 Å². The number of nitrogens with zero attached hydrogens (tertiary/aromatic N) is 4. The Morgan fingerprint density at radius 1 is 1.08 bits per heavy atom. The van der Waals surface area contributed by atoms with Gasteiger partial charge in [0.05, 0.1) is 16.9 Å². The van der Waals surface area contributed by atoms with Crippen LogP contribution in [0.4, 0.5) is 5.82 Å². The molecule has 6 heteroatoms. The number of H-pyrrole nitrogens is 1. The number of hydrogen-bond donors (Lipinski definition) is 1. The van der Waals surface area contributed by atoms with E-state index in [-0.39, 0.29) is 5.60 Å². The van der Waals surface area contributed by atoms with Crippen molar-refractivity contribution < 1.29 is 4.74 Å². The minimum atomic E-state index is 0.00786. The van der Waals surface area contributed by atoms with Gasteiger partial charge in [-0.3, -0.25) is 5.10 Å². The third-order valence-corrected chi connectivity index (χ3v) is 5.43. The molecule has 0 spiro atoms. The third-order valence-electron chi connectivity index (χ3n) is 5.43. The highest BCUT2D eigenvalue weighted by molar-refractivity contribution is 5.93. The average Bonchev–Trinajstić information content (AvgIpc) is 3.25. The summed E-state index contributed by atoms with van der Waals surface area (Å²) in [5, 5.41) is 8.62. The zero-order valence-electron chi connectivity index (χ0n) is 15.0. The Balaban J connectivity index is 1.50. The fourth-order valence-electron chi connectivity index (χ4n) is 3.59. The molecule has 3 aromatic rings. The van der Waals surface area contributed by atoms with Crippen molar-refractivity contribution in [3.63, 3.8) is 0 Å². The predicted octanol–water partition coefficient (Wildman–Crippen LogP) is 3.94. The average molecular weight is 349 g/mol. The second kappa shape index (κ2) is 5.97. The van der Waals surface area contributed by atoms with Crippen LogP contribution in [0.1, 0.15) is 39.0 Å².